The van der Waals surface area contributed by atoms with Gasteiger partial charge in [0.05, 0.1) is 4.92 Å². The third kappa shape index (κ3) is 3.16. The number of nitro benzene ring substituents is 1. The van der Waals surface area contributed by atoms with E-state index in [1.807, 2.05) is 12.1 Å². The molecule has 0 saturated carbocycles. The number of piperidine rings is 1. The topological polar surface area (TPSA) is 61.6 Å². The van der Waals surface area contributed by atoms with Crippen molar-refractivity contribution < 1.29 is 4.92 Å². The molecular formula is C16H24N4O2. The molecule has 0 amide bonds. The van der Waals surface area contributed by atoms with E-state index >= 15 is 0 Å². The summed E-state index contributed by atoms with van der Waals surface area (Å²) in [7, 11) is 0. The van der Waals surface area contributed by atoms with Crippen LogP contribution in [0.5, 0.6) is 0 Å². The first kappa shape index (κ1) is 15.1. The van der Waals surface area contributed by atoms with E-state index in [1.54, 1.807) is 6.07 Å². The minimum atomic E-state index is -0.255. The monoisotopic (exact) mass is 304 g/mol. The fourth-order valence-electron chi connectivity index (χ4n) is 3.29. The van der Waals surface area contributed by atoms with Crippen molar-refractivity contribution in [3.63, 3.8) is 0 Å². The number of piperazine rings is 1. The lowest BCUT2D eigenvalue weighted by Gasteiger charge is -2.34. The second-order valence-electron chi connectivity index (χ2n) is 6.34. The molecule has 120 valence electrons. The van der Waals surface area contributed by atoms with Gasteiger partial charge in [-0.3, -0.25) is 10.1 Å². The van der Waals surface area contributed by atoms with Crippen LogP contribution in [-0.4, -0.2) is 44.2 Å². The summed E-state index contributed by atoms with van der Waals surface area (Å²) in [5.74, 6) is 0.714. The normalized spacial score (nSPS) is 20.2. The minimum Gasteiger partial charge on any atom is -0.369 e. The predicted octanol–water partition coefficient (Wildman–Crippen LogP) is 2.24. The molecule has 2 saturated heterocycles. The van der Waals surface area contributed by atoms with Gasteiger partial charge in [0, 0.05) is 51.0 Å². The number of benzene rings is 1. The molecule has 0 aromatic heterocycles. The Bertz CT molecular complexity index is 535. The van der Waals surface area contributed by atoms with Crippen LogP contribution in [0.25, 0.3) is 0 Å². The maximum Gasteiger partial charge on any atom is 0.292 e. The number of rotatable bonds is 3. The Kier molecular flexibility index (Phi) is 4.47. The summed E-state index contributed by atoms with van der Waals surface area (Å²) in [5, 5.41) is 14.7. The average Bonchev–Trinajstić information content (AvgIpc) is 2.56. The molecule has 6 heteroatoms. The van der Waals surface area contributed by atoms with E-state index in [0.717, 1.165) is 63.5 Å². The molecule has 3 rings (SSSR count). The average molecular weight is 304 g/mol. The van der Waals surface area contributed by atoms with E-state index in [9.17, 15) is 10.1 Å². The molecule has 22 heavy (non-hydrogen) atoms. The Balaban J connectivity index is 1.88. The van der Waals surface area contributed by atoms with Crippen molar-refractivity contribution in [2.75, 3.05) is 49.1 Å². The summed E-state index contributed by atoms with van der Waals surface area (Å²) in [4.78, 5) is 15.6. The molecule has 1 aromatic carbocycles. The second-order valence-corrected chi connectivity index (χ2v) is 6.34. The molecular weight excluding hydrogens is 280 g/mol. The van der Waals surface area contributed by atoms with Crippen LogP contribution in [0.3, 0.4) is 0 Å². The molecule has 1 N–H and O–H groups in total. The molecule has 6 nitrogen and oxygen atoms in total. The fourth-order valence-corrected chi connectivity index (χ4v) is 3.29. The van der Waals surface area contributed by atoms with Crippen LogP contribution in [0.4, 0.5) is 17.1 Å². The first-order valence-corrected chi connectivity index (χ1v) is 8.14. The molecule has 0 aliphatic carbocycles. The molecule has 0 bridgehead atoms. The predicted molar refractivity (Wildman–Crippen MR) is 88.8 cm³/mol. The summed E-state index contributed by atoms with van der Waals surface area (Å²) in [6, 6.07) is 5.57. The van der Waals surface area contributed by atoms with Gasteiger partial charge in [-0.05, 0) is 30.9 Å². The van der Waals surface area contributed by atoms with Gasteiger partial charge in [-0.2, -0.15) is 0 Å². The summed E-state index contributed by atoms with van der Waals surface area (Å²) in [6.45, 7) is 7.91. The SMILES string of the molecule is CC1CCN(c2cc(N3CCNCC3)ccc2[N+](=O)[O-])CC1. The van der Waals surface area contributed by atoms with E-state index in [2.05, 4.69) is 22.0 Å². The molecule has 2 aliphatic heterocycles. The van der Waals surface area contributed by atoms with Crippen LogP contribution in [0.15, 0.2) is 18.2 Å². The van der Waals surface area contributed by atoms with Gasteiger partial charge in [-0.1, -0.05) is 6.92 Å². The lowest BCUT2D eigenvalue weighted by atomic mass is 9.98. The number of hydrogen-bond acceptors (Lipinski definition) is 5. The maximum absolute atomic E-state index is 11.4. The van der Waals surface area contributed by atoms with E-state index in [0.29, 0.717) is 5.92 Å². The quantitative estimate of drug-likeness (QED) is 0.685. The second kappa shape index (κ2) is 6.52. The first-order valence-electron chi connectivity index (χ1n) is 8.14. The molecule has 2 aliphatic rings. The molecule has 0 atom stereocenters. The summed E-state index contributed by atoms with van der Waals surface area (Å²) in [5.41, 5.74) is 2.11. The minimum absolute atomic E-state index is 0.230. The third-order valence-electron chi connectivity index (χ3n) is 4.76. The molecule has 1 aromatic rings. The van der Waals surface area contributed by atoms with E-state index < -0.39 is 0 Å². The standard InChI is InChI=1S/C16H24N4O2/c1-13-4-8-19(9-5-13)16-12-14(2-3-15(16)20(21)22)18-10-6-17-7-11-18/h2-3,12-13,17H,4-11H2,1H3. The van der Waals surface area contributed by atoms with Crippen molar-refractivity contribution in [3.05, 3.63) is 28.3 Å². The Morgan fingerprint density at radius 1 is 1.14 bits per heavy atom. The fraction of sp³-hybridized carbons (Fsp3) is 0.625. The number of nitrogens with zero attached hydrogens (tertiary/aromatic N) is 3. The van der Waals surface area contributed by atoms with Crippen molar-refractivity contribution in [1.82, 2.24) is 5.32 Å². The lowest BCUT2D eigenvalue weighted by Crippen LogP contribution is -2.43. The zero-order valence-electron chi connectivity index (χ0n) is 13.1. The molecule has 2 fully saturated rings. The van der Waals surface area contributed by atoms with Crippen molar-refractivity contribution in [3.8, 4) is 0 Å². The third-order valence-corrected chi connectivity index (χ3v) is 4.76. The first-order chi connectivity index (χ1) is 10.6. The van der Waals surface area contributed by atoms with E-state index in [1.165, 1.54) is 0 Å². The van der Waals surface area contributed by atoms with Gasteiger partial charge < -0.3 is 15.1 Å². The van der Waals surface area contributed by atoms with Crippen molar-refractivity contribution in [1.29, 1.82) is 0 Å². The molecule has 0 spiro atoms. The Morgan fingerprint density at radius 3 is 2.45 bits per heavy atom. The van der Waals surface area contributed by atoms with E-state index in [-0.39, 0.29) is 10.6 Å². The van der Waals surface area contributed by atoms with Gasteiger partial charge in [-0.25, -0.2) is 0 Å². The maximum atomic E-state index is 11.4. The molecule has 2 heterocycles. The van der Waals surface area contributed by atoms with Crippen LogP contribution in [0.2, 0.25) is 0 Å². The van der Waals surface area contributed by atoms with Crippen LogP contribution in [0.1, 0.15) is 19.8 Å². The van der Waals surface area contributed by atoms with Gasteiger partial charge in [0.15, 0.2) is 0 Å². The highest BCUT2D eigenvalue weighted by Crippen LogP contribution is 2.35. The summed E-state index contributed by atoms with van der Waals surface area (Å²) in [6.07, 6.45) is 2.21. The highest BCUT2D eigenvalue weighted by Gasteiger charge is 2.24. The number of anilines is 2. The van der Waals surface area contributed by atoms with Crippen molar-refractivity contribution >= 4 is 17.1 Å². The Labute approximate surface area is 131 Å². The van der Waals surface area contributed by atoms with Crippen LogP contribution >= 0.6 is 0 Å². The highest BCUT2D eigenvalue weighted by atomic mass is 16.6. The van der Waals surface area contributed by atoms with Crippen LogP contribution < -0.4 is 15.1 Å². The Hall–Kier alpha value is -1.82. The van der Waals surface area contributed by atoms with Crippen LogP contribution in [-0.2, 0) is 0 Å². The van der Waals surface area contributed by atoms with E-state index in [4.69, 9.17) is 0 Å². The van der Waals surface area contributed by atoms with Gasteiger partial charge in [0.25, 0.3) is 5.69 Å². The summed E-state index contributed by atoms with van der Waals surface area (Å²) < 4.78 is 0. The van der Waals surface area contributed by atoms with Gasteiger partial charge in [-0.15, -0.1) is 0 Å². The zero-order valence-corrected chi connectivity index (χ0v) is 13.1. The van der Waals surface area contributed by atoms with Crippen molar-refractivity contribution in [2.45, 2.75) is 19.8 Å². The lowest BCUT2D eigenvalue weighted by molar-refractivity contribution is -0.384. The van der Waals surface area contributed by atoms with Gasteiger partial charge in [0.1, 0.15) is 5.69 Å². The van der Waals surface area contributed by atoms with Gasteiger partial charge in [0.2, 0.25) is 0 Å². The largest absolute Gasteiger partial charge is 0.369 e. The summed E-state index contributed by atoms with van der Waals surface area (Å²) >= 11 is 0. The number of nitro groups is 1. The Morgan fingerprint density at radius 2 is 1.82 bits per heavy atom. The number of nitrogens with one attached hydrogen (secondary N) is 1. The molecule has 0 unspecified atom stereocenters. The number of hydrogen-bond donors (Lipinski definition) is 1. The van der Waals surface area contributed by atoms with Gasteiger partial charge >= 0.3 is 0 Å². The zero-order chi connectivity index (χ0) is 15.5. The van der Waals surface area contributed by atoms with Crippen molar-refractivity contribution in [2.24, 2.45) is 5.92 Å². The van der Waals surface area contributed by atoms with Crippen LogP contribution in [0, 0.1) is 16.0 Å². The molecule has 0 radical (unpaired) electrons. The highest BCUT2D eigenvalue weighted by molar-refractivity contribution is 5.70. The smallest absolute Gasteiger partial charge is 0.292 e.